The predicted molar refractivity (Wildman–Crippen MR) is 123 cm³/mol. The molecule has 1 aliphatic heterocycles. The fourth-order valence-electron chi connectivity index (χ4n) is 4.60. The van der Waals surface area contributed by atoms with E-state index in [4.69, 9.17) is 14.2 Å². The van der Waals surface area contributed by atoms with Gasteiger partial charge in [-0.15, -0.1) is 0 Å². The molecule has 4 rings (SSSR count). The Morgan fingerprint density at radius 2 is 1.83 bits per heavy atom. The van der Waals surface area contributed by atoms with E-state index in [-0.39, 0.29) is 18.0 Å². The first-order valence-corrected chi connectivity index (χ1v) is 16.7. The number of fused-ring (bicyclic) bond motifs is 1. The molecule has 2 fully saturated rings. The Morgan fingerprint density at radius 3 is 2.55 bits per heavy atom. The van der Waals surface area contributed by atoms with Crippen molar-refractivity contribution in [2.45, 2.75) is 82.2 Å². The first kappa shape index (κ1) is 21.8. The van der Waals surface area contributed by atoms with Crippen molar-refractivity contribution in [2.24, 2.45) is 5.92 Å². The van der Waals surface area contributed by atoms with Crippen LogP contribution in [0.1, 0.15) is 38.5 Å². The van der Waals surface area contributed by atoms with Gasteiger partial charge in [0.25, 0.3) is 0 Å². The maximum absolute atomic E-state index is 6.67. The molecule has 0 N–H and O–H groups in total. The summed E-state index contributed by atoms with van der Waals surface area (Å²) in [5, 5.41) is 0. The molecular formula is C24H36O3SeSi. The monoisotopic (exact) mass is 480 g/mol. The van der Waals surface area contributed by atoms with Crippen LogP contribution < -0.4 is 4.46 Å². The van der Waals surface area contributed by atoms with Crippen LogP contribution in [0.2, 0.25) is 25.7 Å². The molecule has 2 aliphatic carbocycles. The van der Waals surface area contributed by atoms with E-state index >= 15 is 0 Å². The molecular weight excluding hydrogens is 443 g/mol. The summed E-state index contributed by atoms with van der Waals surface area (Å²) < 4.78 is 22.5. The molecule has 3 aliphatic rings. The molecule has 0 amide bonds. The Hall–Kier alpha value is -0.424. The Bertz CT molecular complexity index is 694. The van der Waals surface area contributed by atoms with E-state index in [2.05, 4.69) is 56.0 Å². The second-order valence-electron chi connectivity index (χ2n) is 10.0. The molecule has 160 valence electrons. The van der Waals surface area contributed by atoms with Gasteiger partial charge < -0.3 is 0 Å². The van der Waals surface area contributed by atoms with Gasteiger partial charge in [-0.05, 0) is 0 Å². The zero-order valence-corrected chi connectivity index (χ0v) is 20.9. The molecule has 29 heavy (non-hydrogen) atoms. The normalized spacial score (nSPS) is 28.9. The van der Waals surface area contributed by atoms with Crippen LogP contribution in [0.25, 0.3) is 0 Å². The fraction of sp³-hybridized carbons (Fsp3) is 0.667. The second kappa shape index (κ2) is 9.38. The molecule has 0 radical (unpaired) electrons. The second-order valence-corrected chi connectivity index (χ2v) is 18.2. The summed E-state index contributed by atoms with van der Waals surface area (Å²) in [6.45, 7) is 8.87. The third-order valence-corrected chi connectivity index (χ3v) is 10.2. The molecule has 3 nitrogen and oxygen atoms in total. The molecule has 1 heterocycles. The van der Waals surface area contributed by atoms with Crippen molar-refractivity contribution >= 4 is 27.5 Å². The molecule has 1 aromatic carbocycles. The van der Waals surface area contributed by atoms with Crippen molar-refractivity contribution in [1.29, 1.82) is 0 Å². The molecule has 1 spiro atoms. The van der Waals surface area contributed by atoms with Gasteiger partial charge in [0.05, 0.1) is 0 Å². The minimum absolute atomic E-state index is 0.162. The topological polar surface area (TPSA) is 27.7 Å². The number of hydrogen-bond donors (Lipinski definition) is 0. The van der Waals surface area contributed by atoms with Gasteiger partial charge in [0, 0.05) is 0 Å². The quantitative estimate of drug-likeness (QED) is 0.419. The van der Waals surface area contributed by atoms with E-state index in [0.29, 0.717) is 20.9 Å². The minimum atomic E-state index is -1.06. The van der Waals surface area contributed by atoms with Crippen LogP contribution in [-0.4, -0.2) is 54.2 Å². The van der Waals surface area contributed by atoms with Crippen molar-refractivity contribution < 1.29 is 14.2 Å². The van der Waals surface area contributed by atoms with Gasteiger partial charge in [-0.1, -0.05) is 0 Å². The van der Waals surface area contributed by atoms with Gasteiger partial charge in [-0.3, -0.25) is 0 Å². The van der Waals surface area contributed by atoms with E-state index < -0.39 is 8.07 Å². The zero-order chi connectivity index (χ0) is 20.3. The Kier molecular flexibility index (Phi) is 7.05. The Balaban J connectivity index is 1.45. The van der Waals surface area contributed by atoms with E-state index in [1.165, 1.54) is 29.8 Å². The SMILES string of the molecule is C[Si](C)(C)CCOC[C@H]1C=C([Se]c2ccccc2)C[C@H]2OC3(CCCCC3)O[C@@H]12. The Labute approximate surface area is 183 Å². The summed E-state index contributed by atoms with van der Waals surface area (Å²) in [5.74, 6) is 0.00461. The van der Waals surface area contributed by atoms with Crippen molar-refractivity contribution in [2.75, 3.05) is 13.2 Å². The van der Waals surface area contributed by atoms with Gasteiger partial charge in [0.1, 0.15) is 0 Å². The molecule has 0 bridgehead atoms. The summed E-state index contributed by atoms with van der Waals surface area (Å²) in [6.07, 6.45) is 9.74. The van der Waals surface area contributed by atoms with Gasteiger partial charge in [0.2, 0.25) is 0 Å². The number of benzene rings is 1. The number of ether oxygens (including phenoxy) is 3. The molecule has 0 unspecified atom stereocenters. The van der Waals surface area contributed by atoms with Crippen LogP contribution in [0.3, 0.4) is 0 Å². The van der Waals surface area contributed by atoms with Crippen LogP contribution in [0, 0.1) is 5.92 Å². The van der Waals surface area contributed by atoms with Crippen molar-refractivity contribution in [3.05, 3.63) is 40.9 Å². The maximum atomic E-state index is 6.67. The summed E-state index contributed by atoms with van der Waals surface area (Å²) in [5.41, 5.74) is 0. The van der Waals surface area contributed by atoms with Crippen LogP contribution in [-0.2, 0) is 14.2 Å². The third kappa shape index (κ3) is 5.84. The van der Waals surface area contributed by atoms with E-state index in [1.54, 1.807) is 4.47 Å². The summed E-state index contributed by atoms with van der Waals surface area (Å²) in [6, 6.07) is 12.1. The molecule has 1 aromatic rings. The molecule has 3 atom stereocenters. The summed E-state index contributed by atoms with van der Waals surface area (Å²) in [4.78, 5) is 0. The number of rotatable bonds is 7. The van der Waals surface area contributed by atoms with Gasteiger partial charge >= 0.3 is 184 Å². The van der Waals surface area contributed by atoms with Crippen LogP contribution in [0.15, 0.2) is 40.9 Å². The van der Waals surface area contributed by atoms with Crippen molar-refractivity contribution in [1.82, 2.24) is 0 Å². The van der Waals surface area contributed by atoms with Crippen molar-refractivity contribution in [3.8, 4) is 0 Å². The molecule has 1 saturated carbocycles. The van der Waals surface area contributed by atoms with Crippen LogP contribution in [0.5, 0.6) is 0 Å². The first-order valence-electron chi connectivity index (χ1n) is 11.3. The molecule has 1 saturated heterocycles. The van der Waals surface area contributed by atoms with Crippen LogP contribution >= 0.6 is 0 Å². The Morgan fingerprint density at radius 1 is 1.07 bits per heavy atom. The van der Waals surface area contributed by atoms with E-state index in [1.807, 2.05) is 0 Å². The van der Waals surface area contributed by atoms with Gasteiger partial charge in [0.15, 0.2) is 0 Å². The summed E-state index contributed by atoms with van der Waals surface area (Å²) >= 11 is 0.356. The predicted octanol–water partition coefficient (Wildman–Crippen LogP) is 4.72. The van der Waals surface area contributed by atoms with E-state index in [9.17, 15) is 0 Å². The van der Waals surface area contributed by atoms with Gasteiger partial charge in [-0.2, -0.15) is 0 Å². The zero-order valence-electron chi connectivity index (χ0n) is 18.2. The number of hydrogen-bond acceptors (Lipinski definition) is 3. The summed E-state index contributed by atoms with van der Waals surface area (Å²) in [7, 11) is -1.06. The van der Waals surface area contributed by atoms with Crippen LogP contribution in [0.4, 0.5) is 0 Å². The average molecular weight is 480 g/mol. The van der Waals surface area contributed by atoms with Gasteiger partial charge in [-0.25, -0.2) is 0 Å². The first-order chi connectivity index (χ1) is 13.9. The standard InChI is InChI=1S/C24H36O3SeSi/c1-29(2,3)15-14-25-18-19-16-21(28-20-10-6-4-7-11-20)17-22-23(19)27-24(26-22)12-8-5-9-13-24/h4,6-7,10-11,16,19,22-23H,5,8-9,12-15,17-18H2,1-3H3/t19-,22-,23+/m1/s1. The fourth-order valence-corrected chi connectivity index (χ4v) is 7.63. The third-order valence-electron chi connectivity index (χ3n) is 6.22. The molecule has 5 heteroatoms. The van der Waals surface area contributed by atoms with Crippen molar-refractivity contribution in [3.63, 3.8) is 0 Å². The van der Waals surface area contributed by atoms with E-state index in [0.717, 1.165) is 32.5 Å². The average Bonchev–Trinajstić information content (AvgIpc) is 3.03. The molecule has 0 aromatic heterocycles.